The molecule has 1 aromatic rings. The Hall–Kier alpha value is -1.55. The average molecular weight is 293 g/mol. The van der Waals surface area contributed by atoms with E-state index in [0.29, 0.717) is 25.7 Å². The Kier molecular flexibility index (Phi) is 7.83. The molecule has 0 saturated carbocycles. The molecule has 0 aliphatic carbocycles. The molecule has 0 saturated heterocycles. The molecule has 0 radical (unpaired) electrons. The molecule has 118 valence electrons. The van der Waals surface area contributed by atoms with E-state index in [1.54, 1.807) is 6.92 Å². The van der Waals surface area contributed by atoms with Gasteiger partial charge in [-0.15, -0.1) is 0 Å². The molecule has 1 rings (SSSR count). The molecule has 4 heteroatoms. The van der Waals surface area contributed by atoms with Gasteiger partial charge in [0, 0.05) is 19.8 Å². The van der Waals surface area contributed by atoms with E-state index in [2.05, 4.69) is 19.2 Å². The van der Waals surface area contributed by atoms with Gasteiger partial charge in [-0.2, -0.15) is 0 Å². The summed E-state index contributed by atoms with van der Waals surface area (Å²) < 4.78 is 11.0. The average Bonchev–Trinajstić information content (AvgIpc) is 2.47. The van der Waals surface area contributed by atoms with Crippen molar-refractivity contribution in [1.29, 1.82) is 0 Å². The quantitative estimate of drug-likeness (QED) is 0.712. The van der Waals surface area contributed by atoms with Crippen LogP contribution in [0, 0.1) is 0 Å². The van der Waals surface area contributed by atoms with Crippen LogP contribution in [0.4, 0.5) is 0 Å². The van der Waals surface area contributed by atoms with Crippen LogP contribution in [0.5, 0.6) is 5.75 Å². The Bertz CT molecular complexity index is 432. The minimum Gasteiger partial charge on any atom is -0.481 e. The standard InChI is InChI=1S/C17H27NO3/c1-5-20-12-8-11-18-17(19)14(4)21-16-10-7-6-9-15(16)13(2)3/h6-7,9-10,13-14H,5,8,11-12H2,1-4H3,(H,18,19)/t14-/m1/s1. The fourth-order valence-electron chi connectivity index (χ4n) is 1.98. The molecule has 1 atom stereocenters. The van der Waals surface area contributed by atoms with Crippen molar-refractivity contribution >= 4 is 5.91 Å². The zero-order valence-corrected chi connectivity index (χ0v) is 13.5. The highest BCUT2D eigenvalue weighted by atomic mass is 16.5. The first-order valence-corrected chi connectivity index (χ1v) is 7.67. The second kappa shape index (κ2) is 9.40. The van der Waals surface area contributed by atoms with E-state index in [1.807, 2.05) is 31.2 Å². The molecule has 0 aliphatic heterocycles. The lowest BCUT2D eigenvalue weighted by Gasteiger charge is -2.18. The molecule has 0 aliphatic rings. The summed E-state index contributed by atoms with van der Waals surface area (Å²) in [5.74, 6) is 1.05. The molecule has 0 spiro atoms. The van der Waals surface area contributed by atoms with E-state index < -0.39 is 6.10 Å². The highest BCUT2D eigenvalue weighted by molar-refractivity contribution is 5.80. The Morgan fingerprint density at radius 1 is 1.24 bits per heavy atom. The van der Waals surface area contributed by atoms with Crippen molar-refractivity contribution in [3.63, 3.8) is 0 Å². The third kappa shape index (κ3) is 6.17. The van der Waals surface area contributed by atoms with Gasteiger partial charge in [0.25, 0.3) is 5.91 Å². The van der Waals surface area contributed by atoms with Gasteiger partial charge < -0.3 is 14.8 Å². The van der Waals surface area contributed by atoms with E-state index in [1.165, 1.54) is 0 Å². The largest absolute Gasteiger partial charge is 0.481 e. The maximum absolute atomic E-state index is 12.0. The van der Waals surface area contributed by atoms with Crippen LogP contribution in [-0.4, -0.2) is 31.8 Å². The number of benzene rings is 1. The topological polar surface area (TPSA) is 47.6 Å². The minimum atomic E-state index is -0.503. The van der Waals surface area contributed by atoms with Crippen LogP contribution in [0.3, 0.4) is 0 Å². The number of hydrogen-bond acceptors (Lipinski definition) is 3. The van der Waals surface area contributed by atoms with Gasteiger partial charge in [0.2, 0.25) is 0 Å². The van der Waals surface area contributed by atoms with Crippen molar-refractivity contribution in [1.82, 2.24) is 5.32 Å². The van der Waals surface area contributed by atoms with E-state index in [-0.39, 0.29) is 5.91 Å². The summed E-state index contributed by atoms with van der Waals surface area (Å²) in [6.07, 6.45) is 0.312. The second-order valence-electron chi connectivity index (χ2n) is 5.29. The number of hydrogen-bond donors (Lipinski definition) is 1. The highest BCUT2D eigenvalue weighted by Crippen LogP contribution is 2.26. The number of rotatable bonds is 9. The lowest BCUT2D eigenvalue weighted by atomic mass is 10.0. The van der Waals surface area contributed by atoms with Crippen molar-refractivity contribution in [2.45, 2.75) is 46.1 Å². The summed E-state index contributed by atoms with van der Waals surface area (Å²) in [4.78, 5) is 12.0. The number of para-hydroxylation sites is 1. The fourth-order valence-corrected chi connectivity index (χ4v) is 1.98. The molecular formula is C17H27NO3. The van der Waals surface area contributed by atoms with Crippen LogP contribution in [0.25, 0.3) is 0 Å². The van der Waals surface area contributed by atoms with Gasteiger partial charge in [-0.1, -0.05) is 32.0 Å². The smallest absolute Gasteiger partial charge is 0.260 e. The van der Waals surface area contributed by atoms with Gasteiger partial charge >= 0.3 is 0 Å². The molecule has 1 aromatic carbocycles. The Morgan fingerprint density at radius 2 is 1.95 bits per heavy atom. The van der Waals surface area contributed by atoms with Crippen LogP contribution in [0.1, 0.15) is 45.6 Å². The minimum absolute atomic E-state index is 0.0925. The lowest BCUT2D eigenvalue weighted by molar-refractivity contribution is -0.127. The first-order valence-electron chi connectivity index (χ1n) is 7.67. The van der Waals surface area contributed by atoms with Crippen molar-refractivity contribution in [3.8, 4) is 5.75 Å². The molecule has 0 fully saturated rings. The van der Waals surface area contributed by atoms with Crippen molar-refractivity contribution in [2.75, 3.05) is 19.8 Å². The normalized spacial score (nSPS) is 12.2. The van der Waals surface area contributed by atoms with E-state index >= 15 is 0 Å². The molecule has 0 heterocycles. The number of amides is 1. The molecule has 21 heavy (non-hydrogen) atoms. The number of carbonyl (C=O) groups is 1. The lowest BCUT2D eigenvalue weighted by Crippen LogP contribution is -2.37. The van der Waals surface area contributed by atoms with Gasteiger partial charge in [-0.25, -0.2) is 0 Å². The van der Waals surface area contributed by atoms with Gasteiger partial charge in [0.15, 0.2) is 6.10 Å². The molecule has 0 bridgehead atoms. The van der Waals surface area contributed by atoms with E-state index in [4.69, 9.17) is 9.47 Å². The van der Waals surface area contributed by atoms with E-state index in [9.17, 15) is 4.79 Å². The number of nitrogens with one attached hydrogen (secondary N) is 1. The van der Waals surface area contributed by atoms with Gasteiger partial charge in [0.05, 0.1) is 0 Å². The highest BCUT2D eigenvalue weighted by Gasteiger charge is 2.16. The summed E-state index contributed by atoms with van der Waals surface area (Å²) >= 11 is 0. The van der Waals surface area contributed by atoms with Gasteiger partial charge in [0.1, 0.15) is 5.75 Å². The molecule has 0 aromatic heterocycles. The number of carbonyl (C=O) groups excluding carboxylic acids is 1. The third-order valence-electron chi connectivity index (χ3n) is 3.18. The predicted molar refractivity (Wildman–Crippen MR) is 84.7 cm³/mol. The molecule has 1 N–H and O–H groups in total. The van der Waals surface area contributed by atoms with Crippen LogP contribution >= 0.6 is 0 Å². The van der Waals surface area contributed by atoms with Crippen molar-refractivity contribution in [3.05, 3.63) is 29.8 Å². The predicted octanol–water partition coefficient (Wildman–Crippen LogP) is 3.12. The Labute approximate surface area is 127 Å². The van der Waals surface area contributed by atoms with Gasteiger partial charge in [-0.05, 0) is 37.8 Å². The summed E-state index contributed by atoms with van der Waals surface area (Å²) in [6, 6.07) is 7.86. The first-order chi connectivity index (χ1) is 10.1. The zero-order valence-electron chi connectivity index (χ0n) is 13.5. The summed E-state index contributed by atoms with van der Waals surface area (Å²) in [7, 11) is 0. The molecule has 4 nitrogen and oxygen atoms in total. The van der Waals surface area contributed by atoms with Crippen LogP contribution in [0.2, 0.25) is 0 Å². The Morgan fingerprint density at radius 3 is 2.62 bits per heavy atom. The van der Waals surface area contributed by atoms with Crippen LogP contribution < -0.4 is 10.1 Å². The monoisotopic (exact) mass is 293 g/mol. The maximum Gasteiger partial charge on any atom is 0.260 e. The molecule has 0 unspecified atom stereocenters. The summed E-state index contributed by atoms with van der Waals surface area (Å²) in [5, 5.41) is 2.87. The van der Waals surface area contributed by atoms with Crippen LogP contribution in [0.15, 0.2) is 24.3 Å². The Balaban J connectivity index is 2.45. The molecular weight excluding hydrogens is 266 g/mol. The summed E-state index contributed by atoms with van der Waals surface area (Å²) in [5.41, 5.74) is 1.12. The summed E-state index contributed by atoms with van der Waals surface area (Å²) in [6.45, 7) is 9.94. The zero-order chi connectivity index (χ0) is 15.7. The van der Waals surface area contributed by atoms with Crippen molar-refractivity contribution < 1.29 is 14.3 Å². The second-order valence-corrected chi connectivity index (χ2v) is 5.29. The SMILES string of the molecule is CCOCCCNC(=O)[C@@H](C)Oc1ccccc1C(C)C. The third-order valence-corrected chi connectivity index (χ3v) is 3.18. The van der Waals surface area contributed by atoms with E-state index in [0.717, 1.165) is 17.7 Å². The number of ether oxygens (including phenoxy) is 2. The fraction of sp³-hybridized carbons (Fsp3) is 0.588. The van der Waals surface area contributed by atoms with Gasteiger partial charge in [-0.3, -0.25) is 4.79 Å². The van der Waals surface area contributed by atoms with Crippen molar-refractivity contribution in [2.24, 2.45) is 0 Å². The van der Waals surface area contributed by atoms with Crippen LogP contribution in [-0.2, 0) is 9.53 Å². The first kappa shape index (κ1) is 17.5. The molecule has 1 amide bonds. The maximum atomic E-state index is 12.0.